The number of halogens is 1. The number of thiazole rings is 1. The SMILES string of the molecule is COc1ccc([C@@H]2/C(=C(\O)c3ccc4c(c3)C[C@H](C)O4)C(=O)C(=O)N2c2nc3ccc(Cl)cc3s2)cc1. The Morgan fingerprint density at radius 2 is 1.92 bits per heavy atom. The van der Waals surface area contributed by atoms with Crippen LogP contribution in [0.1, 0.15) is 29.7 Å². The monoisotopic (exact) mass is 532 g/mol. The molecule has 9 heteroatoms. The van der Waals surface area contributed by atoms with Gasteiger partial charge in [0.2, 0.25) is 0 Å². The van der Waals surface area contributed by atoms with Crippen molar-refractivity contribution in [3.8, 4) is 11.5 Å². The molecule has 3 heterocycles. The second-order valence-corrected chi connectivity index (χ2v) is 10.5. The van der Waals surface area contributed by atoms with Gasteiger partial charge in [0.25, 0.3) is 5.78 Å². The first-order chi connectivity index (χ1) is 17.8. The molecule has 0 saturated carbocycles. The highest BCUT2D eigenvalue weighted by Crippen LogP contribution is 2.45. The molecule has 1 fully saturated rings. The quantitative estimate of drug-likeness (QED) is 0.200. The lowest BCUT2D eigenvalue weighted by Gasteiger charge is -2.23. The fraction of sp³-hybridized carbons (Fsp3) is 0.179. The summed E-state index contributed by atoms with van der Waals surface area (Å²) in [4.78, 5) is 32.9. The number of ketones is 1. The van der Waals surface area contributed by atoms with Gasteiger partial charge in [-0.2, -0.15) is 0 Å². The van der Waals surface area contributed by atoms with Crippen LogP contribution in [0, 0.1) is 0 Å². The van der Waals surface area contributed by atoms with Gasteiger partial charge in [-0.05, 0) is 66.6 Å². The summed E-state index contributed by atoms with van der Waals surface area (Å²) in [6.07, 6.45) is 0.728. The smallest absolute Gasteiger partial charge is 0.301 e. The van der Waals surface area contributed by atoms with Crippen LogP contribution in [0.25, 0.3) is 16.0 Å². The maximum Gasteiger partial charge on any atom is 0.301 e. The Hall–Kier alpha value is -3.88. The molecule has 1 amide bonds. The minimum Gasteiger partial charge on any atom is -0.507 e. The van der Waals surface area contributed by atoms with Gasteiger partial charge in [0.1, 0.15) is 23.4 Å². The molecule has 1 aromatic heterocycles. The number of anilines is 1. The van der Waals surface area contributed by atoms with Crippen molar-refractivity contribution in [3.63, 3.8) is 0 Å². The van der Waals surface area contributed by atoms with Crippen LogP contribution in [-0.2, 0) is 16.0 Å². The minimum atomic E-state index is -0.884. The van der Waals surface area contributed by atoms with Gasteiger partial charge in [-0.25, -0.2) is 4.98 Å². The number of Topliss-reactive ketones (excluding diaryl/α,β-unsaturated/α-hetero) is 1. The molecule has 37 heavy (non-hydrogen) atoms. The number of nitrogens with zero attached hydrogens (tertiary/aromatic N) is 2. The van der Waals surface area contributed by atoms with E-state index in [9.17, 15) is 14.7 Å². The van der Waals surface area contributed by atoms with Crippen molar-refractivity contribution in [2.45, 2.75) is 25.5 Å². The highest BCUT2D eigenvalue weighted by atomic mass is 35.5. The summed E-state index contributed by atoms with van der Waals surface area (Å²) in [6.45, 7) is 1.97. The predicted molar refractivity (Wildman–Crippen MR) is 143 cm³/mol. The normalized spacial score (nSPS) is 20.4. The van der Waals surface area contributed by atoms with E-state index in [1.165, 1.54) is 16.2 Å². The van der Waals surface area contributed by atoms with E-state index in [1.807, 2.05) is 13.0 Å². The van der Waals surface area contributed by atoms with E-state index in [2.05, 4.69) is 4.98 Å². The molecule has 6 rings (SSSR count). The fourth-order valence-electron chi connectivity index (χ4n) is 4.85. The Labute approximate surface area is 221 Å². The molecule has 3 aromatic carbocycles. The maximum absolute atomic E-state index is 13.5. The third-order valence-corrected chi connectivity index (χ3v) is 7.84. The topological polar surface area (TPSA) is 89.0 Å². The Bertz CT molecular complexity index is 1610. The van der Waals surface area contributed by atoms with E-state index < -0.39 is 17.7 Å². The van der Waals surface area contributed by atoms with Gasteiger partial charge >= 0.3 is 5.91 Å². The molecular formula is C28H21ClN2O5S. The molecule has 186 valence electrons. The number of aliphatic hydroxyl groups is 1. The predicted octanol–water partition coefficient (Wildman–Crippen LogP) is 5.91. The number of amides is 1. The number of carbonyl (C=O) groups is 2. The molecule has 0 spiro atoms. The first-order valence-corrected chi connectivity index (χ1v) is 12.8. The number of rotatable bonds is 4. The highest BCUT2D eigenvalue weighted by Gasteiger charge is 2.48. The second kappa shape index (κ2) is 8.90. The summed E-state index contributed by atoms with van der Waals surface area (Å²) < 4.78 is 11.8. The first-order valence-electron chi connectivity index (χ1n) is 11.6. The summed E-state index contributed by atoms with van der Waals surface area (Å²) >= 11 is 7.42. The molecule has 2 aliphatic heterocycles. The number of methoxy groups -OCH3 is 1. The number of aliphatic hydroxyl groups excluding tert-OH is 1. The van der Waals surface area contributed by atoms with E-state index in [0.29, 0.717) is 39.0 Å². The zero-order valence-corrected chi connectivity index (χ0v) is 21.5. The Kier molecular flexibility index (Phi) is 5.66. The standard InChI is InChI=1S/C28H21ClN2O5S/c1-14-11-17-12-16(5-10-21(17)36-14)25(32)23-24(15-3-7-19(35-2)8-4-15)31(27(34)26(23)33)28-30-20-9-6-18(29)13-22(20)37-28/h3-10,12-14,24,32H,11H2,1-2H3/b25-23+/t14-,24+/m0/s1. The second-order valence-electron chi connectivity index (χ2n) is 9.01. The van der Waals surface area contributed by atoms with Crippen molar-refractivity contribution >= 4 is 55.7 Å². The molecule has 0 aliphatic carbocycles. The lowest BCUT2D eigenvalue weighted by molar-refractivity contribution is -0.132. The van der Waals surface area contributed by atoms with Crippen LogP contribution in [0.3, 0.4) is 0 Å². The van der Waals surface area contributed by atoms with Gasteiger partial charge < -0.3 is 14.6 Å². The number of hydrogen-bond acceptors (Lipinski definition) is 7. The van der Waals surface area contributed by atoms with Crippen LogP contribution in [0.15, 0.2) is 66.2 Å². The fourth-order valence-corrected chi connectivity index (χ4v) is 6.11. The van der Waals surface area contributed by atoms with E-state index in [1.54, 1.807) is 61.7 Å². The lowest BCUT2D eigenvalue weighted by atomic mass is 9.94. The van der Waals surface area contributed by atoms with Crippen molar-refractivity contribution < 1.29 is 24.2 Å². The molecule has 2 aliphatic rings. The van der Waals surface area contributed by atoms with Crippen molar-refractivity contribution in [1.29, 1.82) is 0 Å². The van der Waals surface area contributed by atoms with E-state index >= 15 is 0 Å². The van der Waals surface area contributed by atoms with Crippen LogP contribution in [-0.4, -0.2) is 35.0 Å². The third-order valence-electron chi connectivity index (χ3n) is 6.59. The molecule has 1 N–H and O–H groups in total. The van der Waals surface area contributed by atoms with Crippen LogP contribution in [0.5, 0.6) is 11.5 Å². The van der Waals surface area contributed by atoms with Gasteiger partial charge in [0, 0.05) is 17.0 Å². The van der Waals surface area contributed by atoms with Gasteiger partial charge in [0.05, 0.1) is 28.9 Å². The average molecular weight is 533 g/mol. The van der Waals surface area contributed by atoms with Crippen LogP contribution < -0.4 is 14.4 Å². The number of benzene rings is 3. The minimum absolute atomic E-state index is 0.000584. The number of aromatic nitrogens is 1. The van der Waals surface area contributed by atoms with Crippen molar-refractivity contribution in [1.82, 2.24) is 4.98 Å². The summed E-state index contributed by atoms with van der Waals surface area (Å²) in [6, 6.07) is 16.7. The van der Waals surface area contributed by atoms with Gasteiger partial charge in [-0.15, -0.1) is 0 Å². The molecule has 4 aromatic rings. The number of fused-ring (bicyclic) bond motifs is 2. The van der Waals surface area contributed by atoms with Crippen molar-refractivity contribution in [3.05, 3.63) is 87.9 Å². The Morgan fingerprint density at radius 3 is 2.68 bits per heavy atom. The molecule has 0 radical (unpaired) electrons. The summed E-state index contributed by atoms with van der Waals surface area (Å²) in [7, 11) is 1.56. The van der Waals surface area contributed by atoms with E-state index in [4.69, 9.17) is 21.1 Å². The van der Waals surface area contributed by atoms with Gasteiger partial charge in [0.15, 0.2) is 5.13 Å². The molecule has 1 saturated heterocycles. The zero-order valence-electron chi connectivity index (χ0n) is 19.9. The van der Waals surface area contributed by atoms with Crippen LogP contribution in [0.2, 0.25) is 5.02 Å². The Balaban J connectivity index is 1.53. The van der Waals surface area contributed by atoms with Crippen molar-refractivity contribution in [2.24, 2.45) is 0 Å². The summed E-state index contributed by atoms with van der Waals surface area (Å²) in [5.74, 6) is -0.396. The molecule has 0 bridgehead atoms. The number of carbonyl (C=O) groups excluding carboxylic acids is 2. The Morgan fingerprint density at radius 1 is 1.14 bits per heavy atom. The molecule has 7 nitrogen and oxygen atoms in total. The largest absolute Gasteiger partial charge is 0.507 e. The first kappa shape index (κ1) is 23.5. The van der Waals surface area contributed by atoms with E-state index in [0.717, 1.165) is 16.0 Å². The zero-order chi connectivity index (χ0) is 25.8. The summed E-state index contributed by atoms with van der Waals surface area (Å²) in [5, 5.41) is 12.3. The van der Waals surface area contributed by atoms with Crippen LogP contribution in [0.4, 0.5) is 5.13 Å². The molecule has 0 unspecified atom stereocenters. The van der Waals surface area contributed by atoms with Gasteiger partial charge in [-0.1, -0.05) is 35.1 Å². The molecule has 2 atom stereocenters. The molecular weight excluding hydrogens is 512 g/mol. The number of ether oxygens (including phenoxy) is 2. The van der Waals surface area contributed by atoms with Crippen molar-refractivity contribution in [2.75, 3.05) is 12.0 Å². The maximum atomic E-state index is 13.5. The lowest BCUT2D eigenvalue weighted by Crippen LogP contribution is -2.29. The van der Waals surface area contributed by atoms with Gasteiger partial charge in [-0.3, -0.25) is 14.5 Å². The number of hydrogen-bond donors (Lipinski definition) is 1. The highest BCUT2D eigenvalue weighted by molar-refractivity contribution is 7.22. The van der Waals surface area contributed by atoms with Crippen LogP contribution >= 0.6 is 22.9 Å². The summed E-state index contributed by atoms with van der Waals surface area (Å²) in [5.41, 5.74) is 2.68. The van der Waals surface area contributed by atoms with E-state index in [-0.39, 0.29) is 17.4 Å². The average Bonchev–Trinajstić information content (AvgIpc) is 3.55. The third kappa shape index (κ3) is 3.93.